The fraction of sp³-hybridized carbons (Fsp3) is 0.636. The smallest absolute Gasteiger partial charge is 0.00807 e. The van der Waals surface area contributed by atoms with Crippen LogP contribution in [-0.4, -0.2) is 0 Å². The maximum Gasteiger partial charge on any atom is -0.00807 e. The van der Waals surface area contributed by atoms with Crippen molar-refractivity contribution in [2.45, 2.75) is 38.5 Å². The lowest BCUT2D eigenvalue weighted by Crippen LogP contribution is -2.12. The first-order valence-corrected chi connectivity index (χ1v) is 4.74. The lowest BCUT2D eigenvalue weighted by Gasteiger charge is -2.24. The molecule has 60 valence electrons. The molecule has 2 aliphatic carbocycles. The molecular formula is C11H16. The normalized spacial score (nSPS) is 36.4. The lowest BCUT2D eigenvalue weighted by atomic mass is 9.81. The summed E-state index contributed by atoms with van der Waals surface area (Å²) in [6.45, 7) is 0. The molecule has 0 saturated carbocycles. The first-order chi connectivity index (χ1) is 5.41. The third-order valence-corrected chi connectivity index (χ3v) is 3.02. The second kappa shape index (κ2) is 2.84. The van der Waals surface area contributed by atoms with E-state index in [1.54, 1.807) is 0 Å². The Bertz CT molecular complexity index is 188. The molecule has 1 spiro atoms. The topological polar surface area (TPSA) is 0 Å². The van der Waals surface area contributed by atoms with Gasteiger partial charge in [-0.3, -0.25) is 0 Å². The van der Waals surface area contributed by atoms with E-state index < -0.39 is 0 Å². The largest absolute Gasteiger partial charge is 0.0885 e. The summed E-state index contributed by atoms with van der Waals surface area (Å²) in [5.41, 5.74) is 0.590. The zero-order chi connectivity index (χ0) is 7.57. The van der Waals surface area contributed by atoms with E-state index >= 15 is 0 Å². The summed E-state index contributed by atoms with van der Waals surface area (Å²) in [4.78, 5) is 0. The highest BCUT2D eigenvalue weighted by molar-refractivity contribution is 5.10. The van der Waals surface area contributed by atoms with Crippen LogP contribution in [0.25, 0.3) is 0 Å². The van der Waals surface area contributed by atoms with E-state index in [2.05, 4.69) is 24.3 Å². The zero-order valence-electron chi connectivity index (χ0n) is 7.05. The second-order valence-corrected chi connectivity index (χ2v) is 3.87. The Morgan fingerprint density at radius 2 is 1.91 bits per heavy atom. The number of allylic oxidation sites excluding steroid dienone is 4. The molecule has 0 aromatic carbocycles. The molecule has 2 aliphatic rings. The van der Waals surface area contributed by atoms with Gasteiger partial charge in [0.15, 0.2) is 0 Å². The third-order valence-electron chi connectivity index (χ3n) is 3.02. The molecule has 0 heteroatoms. The van der Waals surface area contributed by atoms with Gasteiger partial charge in [0.05, 0.1) is 0 Å². The Labute approximate surface area is 69.0 Å². The van der Waals surface area contributed by atoms with Crippen LogP contribution in [0.4, 0.5) is 0 Å². The highest BCUT2D eigenvalue weighted by Gasteiger charge is 2.28. The van der Waals surface area contributed by atoms with Crippen LogP contribution in [0.2, 0.25) is 0 Å². The number of rotatable bonds is 0. The van der Waals surface area contributed by atoms with Crippen LogP contribution in [0.1, 0.15) is 38.5 Å². The SMILES string of the molecule is C1=CCC2(C=CCC2)CCC1. The maximum atomic E-state index is 2.46. The fourth-order valence-corrected chi connectivity index (χ4v) is 2.28. The van der Waals surface area contributed by atoms with Crippen molar-refractivity contribution in [3.05, 3.63) is 24.3 Å². The van der Waals surface area contributed by atoms with Crippen molar-refractivity contribution in [3.8, 4) is 0 Å². The molecule has 0 fully saturated rings. The van der Waals surface area contributed by atoms with Crippen molar-refractivity contribution < 1.29 is 0 Å². The van der Waals surface area contributed by atoms with Crippen molar-refractivity contribution in [2.75, 3.05) is 0 Å². The van der Waals surface area contributed by atoms with Gasteiger partial charge in [0.25, 0.3) is 0 Å². The molecule has 0 heterocycles. The number of hydrogen-bond donors (Lipinski definition) is 0. The molecule has 11 heavy (non-hydrogen) atoms. The Kier molecular flexibility index (Phi) is 1.85. The van der Waals surface area contributed by atoms with E-state index in [4.69, 9.17) is 0 Å². The van der Waals surface area contributed by atoms with E-state index in [-0.39, 0.29) is 0 Å². The monoisotopic (exact) mass is 148 g/mol. The molecule has 0 nitrogen and oxygen atoms in total. The van der Waals surface area contributed by atoms with Gasteiger partial charge in [0.1, 0.15) is 0 Å². The lowest BCUT2D eigenvalue weighted by molar-refractivity contribution is 0.346. The van der Waals surface area contributed by atoms with Crippen molar-refractivity contribution in [1.82, 2.24) is 0 Å². The molecule has 0 aromatic rings. The van der Waals surface area contributed by atoms with Gasteiger partial charge in [-0.15, -0.1) is 0 Å². The maximum absolute atomic E-state index is 2.46. The van der Waals surface area contributed by atoms with E-state index in [1.165, 1.54) is 38.5 Å². The van der Waals surface area contributed by atoms with E-state index in [1.807, 2.05) is 0 Å². The summed E-state index contributed by atoms with van der Waals surface area (Å²) in [5.74, 6) is 0. The first kappa shape index (κ1) is 7.15. The van der Waals surface area contributed by atoms with Crippen LogP contribution >= 0.6 is 0 Å². The minimum Gasteiger partial charge on any atom is -0.0885 e. The molecule has 1 unspecified atom stereocenters. The van der Waals surface area contributed by atoms with Gasteiger partial charge < -0.3 is 0 Å². The van der Waals surface area contributed by atoms with E-state index in [0.29, 0.717) is 5.41 Å². The Morgan fingerprint density at radius 3 is 2.73 bits per heavy atom. The van der Waals surface area contributed by atoms with Gasteiger partial charge in [-0.1, -0.05) is 24.3 Å². The highest BCUT2D eigenvalue weighted by atomic mass is 14.3. The fourth-order valence-electron chi connectivity index (χ4n) is 2.28. The Hall–Kier alpha value is -0.520. The van der Waals surface area contributed by atoms with E-state index in [0.717, 1.165) is 0 Å². The summed E-state index contributed by atoms with van der Waals surface area (Å²) in [6, 6.07) is 0. The molecular weight excluding hydrogens is 132 g/mol. The highest BCUT2D eigenvalue weighted by Crippen LogP contribution is 2.41. The summed E-state index contributed by atoms with van der Waals surface area (Å²) in [7, 11) is 0. The van der Waals surface area contributed by atoms with Gasteiger partial charge in [-0.25, -0.2) is 0 Å². The van der Waals surface area contributed by atoms with Gasteiger partial charge in [0.2, 0.25) is 0 Å². The molecule has 0 bridgehead atoms. The van der Waals surface area contributed by atoms with Gasteiger partial charge >= 0.3 is 0 Å². The molecule has 2 rings (SSSR count). The number of hydrogen-bond acceptors (Lipinski definition) is 0. The molecule has 0 saturated heterocycles. The second-order valence-electron chi connectivity index (χ2n) is 3.87. The van der Waals surface area contributed by atoms with Crippen LogP contribution in [0, 0.1) is 5.41 Å². The third kappa shape index (κ3) is 1.40. The molecule has 0 N–H and O–H groups in total. The van der Waals surface area contributed by atoms with Crippen LogP contribution in [0.5, 0.6) is 0 Å². The van der Waals surface area contributed by atoms with Crippen molar-refractivity contribution >= 4 is 0 Å². The predicted molar refractivity (Wildman–Crippen MR) is 48.4 cm³/mol. The van der Waals surface area contributed by atoms with Gasteiger partial charge in [-0.2, -0.15) is 0 Å². The van der Waals surface area contributed by atoms with Gasteiger partial charge in [0, 0.05) is 0 Å². The standard InChI is InChI=1S/C11H16/c1-2-4-8-11(7-3-1)9-5-6-10-11/h1,3,5,9H,2,4,6-8,10H2. The van der Waals surface area contributed by atoms with Crippen LogP contribution in [0.15, 0.2) is 24.3 Å². The molecule has 1 atom stereocenters. The van der Waals surface area contributed by atoms with Crippen LogP contribution < -0.4 is 0 Å². The quantitative estimate of drug-likeness (QED) is 0.461. The van der Waals surface area contributed by atoms with Crippen LogP contribution in [-0.2, 0) is 0 Å². The zero-order valence-corrected chi connectivity index (χ0v) is 7.05. The molecule has 0 aliphatic heterocycles. The van der Waals surface area contributed by atoms with Crippen molar-refractivity contribution in [1.29, 1.82) is 0 Å². The summed E-state index contributed by atoms with van der Waals surface area (Å²) in [5, 5.41) is 0. The van der Waals surface area contributed by atoms with Crippen LogP contribution in [0.3, 0.4) is 0 Å². The average molecular weight is 148 g/mol. The molecule has 0 aromatic heterocycles. The van der Waals surface area contributed by atoms with Crippen molar-refractivity contribution in [2.24, 2.45) is 5.41 Å². The molecule has 0 amide bonds. The molecule has 0 radical (unpaired) electrons. The summed E-state index contributed by atoms with van der Waals surface area (Å²) < 4.78 is 0. The summed E-state index contributed by atoms with van der Waals surface area (Å²) in [6.07, 6.45) is 17.7. The van der Waals surface area contributed by atoms with E-state index in [9.17, 15) is 0 Å². The minimum atomic E-state index is 0.590. The van der Waals surface area contributed by atoms with Gasteiger partial charge in [-0.05, 0) is 43.9 Å². The summed E-state index contributed by atoms with van der Waals surface area (Å²) >= 11 is 0. The minimum absolute atomic E-state index is 0.590. The predicted octanol–water partition coefficient (Wildman–Crippen LogP) is 3.45. The first-order valence-electron chi connectivity index (χ1n) is 4.74. The Morgan fingerprint density at radius 1 is 0.909 bits per heavy atom. The Balaban J connectivity index is 2.11. The van der Waals surface area contributed by atoms with Crippen molar-refractivity contribution in [3.63, 3.8) is 0 Å². The average Bonchev–Trinajstić information content (AvgIpc) is 2.32.